The summed E-state index contributed by atoms with van der Waals surface area (Å²) in [5.41, 5.74) is 1.65. The van der Waals surface area contributed by atoms with Gasteiger partial charge in [0.1, 0.15) is 11.8 Å². The van der Waals surface area contributed by atoms with Gasteiger partial charge in [-0.25, -0.2) is 13.9 Å². The highest BCUT2D eigenvalue weighted by Gasteiger charge is 2.36. The van der Waals surface area contributed by atoms with E-state index in [2.05, 4.69) is 0 Å². The third kappa shape index (κ3) is 7.64. The lowest BCUT2D eigenvalue weighted by atomic mass is 10.1. The lowest BCUT2D eigenvalue weighted by Crippen LogP contribution is -2.50. The van der Waals surface area contributed by atoms with Crippen LogP contribution in [0.5, 0.6) is 5.75 Å². The molecule has 0 bridgehead atoms. The third-order valence-corrected chi connectivity index (χ3v) is 8.11. The van der Waals surface area contributed by atoms with Gasteiger partial charge in [-0.2, -0.15) is 16.1 Å². The summed E-state index contributed by atoms with van der Waals surface area (Å²) in [6.45, 7) is 4.71. The van der Waals surface area contributed by atoms with Gasteiger partial charge in [0.15, 0.2) is 0 Å². The largest absolute Gasteiger partial charge is 0.497 e. The minimum atomic E-state index is -3.96. The van der Waals surface area contributed by atoms with Crippen molar-refractivity contribution in [3.05, 3.63) is 24.3 Å². The van der Waals surface area contributed by atoms with E-state index in [4.69, 9.17) is 9.47 Å². The molecular formula is C21H34N2O6S2. The molecule has 0 saturated carbocycles. The number of amides is 1. The molecule has 0 aliphatic carbocycles. The Morgan fingerprint density at radius 3 is 2.58 bits per heavy atom. The molecule has 8 nitrogen and oxygen atoms in total. The van der Waals surface area contributed by atoms with Crippen LogP contribution in [-0.4, -0.2) is 67.8 Å². The Bertz CT molecular complexity index is 780. The summed E-state index contributed by atoms with van der Waals surface area (Å²) in [6, 6.07) is 5.05. The Labute approximate surface area is 189 Å². The lowest BCUT2D eigenvalue weighted by Gasteiger charge is -2.31. The summed E-state index contributed by atoms with van der Waals surface area (Å²) in [5.74, 6) is 1.19. The van der Waals surface area contributed by atoms with Crippen LogP contribution >= 0.6 is 11.8 Å². The molecule has 1 heterocycles. The fourth-order valence-corrected chi connectivity index (χ4v) is 6.33. The van der Waals surface area contributed by atoms with Gasteiger partial charge in [0.25, 0.3) is 5.91 Å². The number of thioether (sulfide) groups is 1. The van der Waals surface area contributed by atoms with Crippen LogP contribution in [0.2, 0.25) is 0 Å². The van der Waals surface area contributed by atoms with Crippen LogP contribution < -0.4 is 10.2 Å². The van der Waals surface area contributed by atoms with Crippen molar-refractivity contribution in [1.29, 1.82) is 0 Å². The van der Waals surface area contributed by atoms with Gasteiger partial charge in [-0.05, 0) is 61.6 Å². The summed E-state index contributed by atoms with van der Waals surface area (Å²) in [7, 11) is -2.46. The maximum atomic E-state index is 13.4. The first-order valence-corrected chi connectivity index (χ1v) is 13.2. The van der Waals surface area contributed by atoms with Gasteiger partial charge in [-0.3, -0.25) is 10.0 Å². The number of rotatable bonds is 12. The van der Waals surface area contributed by atoms with E-state index in [-0.39, 0.29) is 29.9 Å². The van der Waals surface area contributed by atoms with Crippen molar-refractivity contribution in [2.24, 2.45) is 5.92 Å². The fraction of sp³-hybridized carbons (Fsp3) is 0.667. The normalized spacial score (nSPS) is 18.2. The lowest BCUT2D eigenvalue weighted by molar-refractivity contribution is -0.133. The van der Waals surface area contributed by atoms with E-state index < -0.39 is 22.0 Å². The van der Waals surface area contributed by atoms with E-state index >= 15 is 0 Å². The third-order valence-electron chi connectivity index (χ3n) is 5.08. The monoisotopic (exact) mass is 474 g/mol. The number of nitrogens with zero attached hydrogens (tertiary/aromatic N) is 1. The van der Waals surface area contributed by atoms with Gasteiger partial charge in [0.05, 0.1) is 18.1 Å². The molecule has 0 radical (unpaired) electrons. The van der Waals surface area contributed by atoms with Crippen LogP contribution in [0.25, 0.3) is 0 Å². The van der Waals surface area contributed by atoms with Crippen LogP contribution in [0.4, 0.5) is 0 Å². The molecular weight excluding hydrogens is 440 g/mol. The quantitative estimate of drug-likeness (QED) is 0.273. The molecule has 1 aromatic rings. The van der Waals surface area contributed by atoms with Gasteiger partial charge >= 0.3 is 0 Å². The van der Waals surface area contributed by atoms with Crippen molar-refractivity contribution in [3.8, 4) is 5.75 Å². The summed E-state index contributed by atoms with van der Waals surface area (Å²) in [6.07, 6.45) is 3.76. The first-order chi connectivity index (χ1) is 14.8. The molecule has 1 aromatic carbocycles. The Morgan fingerprint density at radius 2 is 2.03 bits per heavy atom. The number of ether oxygens (including phenoxy) is 2. The first-order valence-electron chi connectivity index (χ1n) is 10.6. The molecule has 1 saturated heterocycles. The summed E-state index contributed by atoms with van der Waals surface area (Å²) in [5, 5.41) is 9.29. The molecule has 2 atom stereocenters. The molecule has 2 N–H and O–H groups in total. The summed E-state index contributed by atoms with van der Waals surface area (Å²) >= 11 is 1.64. The summed E-state index contributed by atoms with van der Waals surface area (Å²) in [4.78, 5) is 12.6. The second kappa shape index (κ2) is 12.6. The molecule has 1 fully saturated rings. The van der Waals surface area contributed by atoms with Crippen molar-refractivity contribution in [2.45, 2.75) is 56.6 Å². The predicted molar refractivity (Wildman–Crippen MR) is 121 cm³/mol. The van der Waals surface area contributed by atoms with E-state index in [9.17, 15) is 18.4 Å². The van der Waals surface area contributed by atoms with E-state index in [0.717, 1.165) is 31.6 Å². The van der Waals surface area contributed by atoms with Gasteiger partial charge in [0.2, 0.25) is 10.0 Å². The molecule has 31 heavy (non-hydrogen) atoms. The van der Waals surface area contributed by atoms with Crippen molar-refractivity contribution in [3.63, 3.8) is 0 Å². The van der Waals surface area contributed by atoms with Gasteiger partial charge < -0.3 is 9.47 Å². The molecule has 0 spiro atoms. The minimum Gasteiger partial charge on any atom is -0.497 e. The van der Waals surface area contributed by atoms with E-state index in [1.165, 1.54) is 23.5 Å². The molecule has 1 aliphatic heterocycles. The zero-order valence-electron chi connectivity index (χ0n) is 18.5. The SMILES string of the molecule is COc1ccc(S(=O)(=O)N(CC(C)C)C(CCSCC2CCCCO2)C(=O)NO)cc1. The van der Waals surface area contributed by atoms with Crippen LogP contribution in [0.15, 0.2) is 29.2 Å². The van der Waals surface area contributed by atoms with Gasteiger partial charge in [-0.15, -0.1) is 0 Å². The number of benzene rings is 1. The number of hydrogen-bond acceptors (Lipinski definition) is 7. The number of carbonyl (C=O) groups excluding carboxylic acids is 1. The number of nitrogens with one attached hydrogen (secondary N) is 1. The van der Waals surface area contributed by atoms with Crippen molar-refractivity contribution >= 4 is 27.7 Å². The maximum absolute atomic E-state index is 13.4. The Hall–Kier alpha value is -1.33. The highest BCUT2D eigenvalue weighted by Crippen LogP contribution is 2.25. The van der Waals surface area contributed by atoms with Crippen molar-refractivity contribution in [1.82, 2.24) is 9.79 Å². The fourth-order valence-electron chi connectivity index (χ4n) is 3.46. The average Bonchev–Trinajstić information content (AvgIpc) is 2.78. The Kier molecular flexibility index (Phi) is 10.6. The number of methoxy groups -OCH3 is 1. The average molecular weight is 475 g/mol. The van der Waals surface area contributed by atoms with E-state index in [0.29, 0.717) is 11.5 Å². The van der Waals surface area contributed by atoms with Gasteiger partial charge in [-0.1, -0.05) is 13.8 Å². The number of carbonyl (C=O) groups is 1. The number of hydrogen-bond donors (Lipinski definition) is 2. The Morgan fingerprint density at radius 1 is 1.32 bits per heavy atom. The zero-order chi connectivity index (χ0) is 22.9. The van der Waals surface area contributed by atoms with Crippen molar-refractivity contribution < 1.29 is 27.9 Å². The van der Waals surface area contributed by atoms with E-state index in [1.807, 2.05) is 13.8 Å². The van der Waals surface area contributed by atoms with Crippen LogP contribution in [-0.2, 0) is 19.6 Å². The van der Waals surface area contributed by atoms with Gasteiger partial charge in [0, 0.05) is 18.9 Å². The predicted octanol–water partition coefficient (Wildman–Crippen LogP) is 2.91. The highest BCUT2D eigenvalue weighted by molar-refractivity contribution is 7.99. The van der Waals surface area contributed by atoms with Crippen molar-refractivity contribution in [2.75, 3.05) is 31.8 Å². The minimum absolute atomic E-state index is 0.00897. The van der Waals surface area contributed by atoms with Crippen LogP contribution in [0.3, 0.4) is 0 Å². The molecule has 0 aromatic heterocycles. The summed E-state index contributed by atoms with van der Waals surface area (Å²) < 4.78 is 38.8. The second-order valence-corrected chi connectivity index (χ2v) is 11.0. The molecule has 1 aliphatic rings. The molecule has 176 valence electrons. The topological polar surface area (TPSA) is 105 Å². The van der Waals surface area contributed by atoms with Crippen LogP contribution in [0, 0.1) is 5.92 Å². The number of hydroxylamine groups is 1. The molecule has 1 amide bonds. The highest BCUT2D eigenvalue weighted by atomic mass is 32.2. The molecule has 2 rings (SSSR count). The standard InChI is InChI=1S/C21H34N2O6S2/c1-16(2)14-23(31(26,27)19-9-7-17(28-3)8-10-19)20(21(24)22-25)11-13-30-15-18-6-4-5-12-29-18/h7-10,16,18,20,25H,4-6,11-15H2,1-3H3,(H,22,24). The second-order valence-electron chi connectivity index (χ2n) is 7.99. The molecule has 10 heteroatoms. The zero-order valence-corrected chi connectivity index (χ0v) is 20.1. The Balaban J connectivity index is 2.16. The maximum Gasteiger partial charge on any atom is 0.261 e. The smallest absolute Gasteiger partial charge is 0.261 e. The molecule has 2 unspecified atom stereocenters. The number of sulfonamides is 1. The van der Waals surface area contributed by atoms with E-state index in [1.54, 1.807) is 29.4 Å². The first kappa shape index (κ1) is 25.9. The van der Waals surface area contributed by atoms with Crippen LogP contribution in [0.1, 0.15) is 39.5 Å².